The number of amides is 1. The van der Waals surface area contributed by atoms with E-state index < -0.39 is 18.5 Å². The summed E-state index contributed by atoms with van der Waals surface area (Å²) >= 11 is 0. The number of hydrogen-bond donors (Lipinski definition) is 2. The number of aliphatic carboxylic acids is 1. The monoisotopic (exact) mass is 338 g/mol. The zero-order valence-corrected chi connectivity index (χ0v) is 13.4. The Labute approximate surface area is 145 Å². The van der Waals surface area contributed by atoms with Gasteiger partial charge in [-0.2, -0.15) is 4.99 Å². The highest BCUT2D eigenvalue weighted by molar-refractivity contribution is 6.33. The minimum Gasteiger partial charge on any atom is -0.497 e. The fraction of sp³-hybridized carbons (Fsp3) is 0.118. The summed E-state index contributed by atoms with van der Waals surface area (Å²) in [7, 11) is 7.21. The van der Waals surface area contributed by atoms with Crippen molar-refractivity contribution in [2.75, 3.05) is 13.7 Å². The molecule has 0 saturated carbocycles. The molecule has 0 aromatic heterocycles. The van der Waals surface area contributed by atoms with Crippen LogP contribution in [0, 0.1) is 0 Å². The van der Waals surface area contributed by atoms with Crippen molar-refractivity contribution in [2.45, 2.75) is 0 Å². The van der Waals surface area contributed by atoms with Crippen molar-refractivity contribution >= 4 is 31.0 Å². The Kier molecular flexibility index (Phi) is 5.78. The van der Waals surface area contributed by atoms with Crippen LogP contribution in [-0.4, -0.2) is 44.4 Å². The molecule has 0 aliphatic heterocycles. The van der Waals surface area contributed by atoms with Crippen molar-refractivity contribution in [1.82, 2.24) is 0 Å². The summed E-state index contributed by atoms with van der Waals surface area (Å²) in [5, 5.41) is 8.70. The first-order chi connectivity index (χ1) is 11.9. The van der Waals surface area contributed by atoms with E-state index in [9.17, 15) is 9.59 Å². The minimum atomic E-state index is -1.17. The summed E-state index contributed by atoms with van der Waals surface area (Å²) in [6.07, 6.45) is 0. The van der Waals surface area contributed by atoms with E-state index in [0.717, 1.165) is 0 Å². The molecule has 0 aliphatic rings. The Morgan fingerprint density at radius 1 is 1.20 bits per heavy atom. The molecule has 0 unspecified atom stereocenters. The number of aliphatic imine (C=N–C) groups is 1. The smallest absolute Gasteiger partial charge is 0.341 e. The molecular formula is C17H15BN2O5. The number of amidine groups is 1. The van der Waals surface area contributed by atoms with Crippen LogP contribution in [0.4, 0.5) is 0 Å². The molecule has 2 rings (SSSR count). The number of carboxylic acids is 1. The predicted molar refractivity (Wildman–Crippen MR) is 93.0 cm³/mol. The van der Waals surface area contributed by atoms with Crippen molar-refractivity contribution in [1.29, 1.82) is 0 Å². The molecule has 7 nitrogen and oxygen atoms in total. The van der Waals surface area contributed by atoms with Crippen molar-refractivity contribution in [2.24, 2.45) is 10.7 Å². The zero-order chi connectivity index (χ0) is 18.4. The summed E-state index contributed by atoms with van der Waals surface area (Å²) in [6, 6.07) is 10.9. The lowest BCUT2D eigenvalue weighted by atomic mass is 9.94. The molecule has 1 amide bonds. The molecule has 0 bridgehead atoms. The standard InChI is InChI=1S/C17H15BN2O5/c1-24-12-5-2-10(3-6-12)16(19)20-17(23)13-8-11(18)4-7-14(13)25-9-15(21)22/h2-8H,9H2,1H3,(H,21,22)(H2,19,20,23). The quantitative estimate of drug-likeness (QED) is 0.451. The molecule has 2 aromatic rings. The molecule has 0 aliphatic carbocycles. The second-order valence-electron chi connectivity index (χ2n) is 4.97. The van der Waals surface area contributed by atoms with Crippen LogP contribution >= 0.6 is 0 Å². The normalized spacial score (nSPS) is 11.0. The molecule has 0 fully saturated rings. The van der Waals surface area contributed by atoms with E-state index in [1.807, 2.05) is 0 Å². The third-order valence-electron chi connectivity index (χ3n) is 3.19. The Morgan fingerprint density at radius 2 is 1.88 bits per heavy atom. The van der Waals surface area contributed by atoms with Gasteiger partial charge in [0.15, 0.2) is 6.61 Å². The summed E-state index contributed by atoms with van der Waals surface area (Å²) in [5.41, 5.74) is 6.73. The van der Waals surface area contributed by atoms with Crippen LogP contribution in [0.3, 0.4) is 0 Å². The van der Waals surface area contributed by atoms with Crippen LogP contribution in [-0.2, 0) is 4.79 Å². The molecule has 126 valence electrons. The number of methoxy groups -OCH3 is 1. The summed E-state index contributed by atoms with van der Waals surface area (Å²) in [6.45, 7) is -0.595. The number of hydrogen-bond acceptors (Lipinski definition) is 4. The molecule has 8 heteroatoms. The van der Waals surface area contributed by atoms with Gasteiger partial charge < -0.3 is 20.3 Å². The van der Waals surface area contributed by atoms with E-state index in [2.05, 4.69) is 4.99 Å². The number of carbonyl (C=O) groups excluding carboxylic acids is 1. The number of rotatable bonds is 6. The third kappa shape index (κ3) is 4.84. The lowest BCUT2D eigenvalue weighted by Gasteiger charge is -2.09. The highest BCUT2D eigenvalue weighted by Crippen LogP contribution is 2.18. The fourth-order valence-corrected chi connectivity index (χ4v) is 1.98. The van der Waals surface area contributed by atoms with Crippen molar-refractivity contribution in [3.8, 4) is 11.5 Å². The topological polar surface area (TPSA) is 111 Å². The molecule has 2 radical (unpaired) electrons. The van der Waals surface area contributed by atoms with E-state index in [4.69, 9.17) is 28.2 Å². The Hall–Kier alpha value is -3.29. The van der Waals surface area contributed by atoms with E-state index in [0.29, 0.717) is 16.8 Å². The largest absolute Gasteiger partial charge is 0.497 e. The molecular weight excluding hydrogens is 323 g/mol. The summed E-state index contributed by atoms with van der Waals surface area (Å²) < 4.78 is 10.1. The molecule has 0 heterocycles. The fourth-order valence-electron chi connectivity index (χ4n) is 1.98. The Morgan fingerprint density at radius 3 is 2.48 bits per heavy atom. The van der Waals surface area contributed by atoms with E-state index in [1.165, 1.54) is 25.3 Å². The van der Waals surface area contributed by atoms with Gasteiger partial charge in [-0.05, 0) is 30.3 Å². The number of carbonyl (C=O) groups is 2. The van der Waals surface area contributed by atoms with Gasteiger partial charge >= 0.3 is 5.97 Å². The highest BCUT2D eigenvalue weighted by atomic mass is 16.5. The van der Waals surface area contributed by atoms with Gasteiger partial charge in [-0.3, -0.25) is 4.79 Å². The van der Waals surface area contributed by atoms with Gasteiger partial charge in [-0.25, -0.2) is 4.79 Å². The SMILES string of the molecule is [B]c1ccc(OCC(=O)O)c(C(=O)N=C(N)c2ccc(OC)cc2)c1. The molecule has 25 heavy (non-hydrogen) atoms. The van der Waals surface area contributed by atoms with Crippen LogP contribution < -0.4 is 20.7 Å². The van der Waals surface area contributed by atoms with Crippen LogP contribution in [0.1, 0.15) is 15.9 Å². The van der Waals surface area contributed by atoms with Gasteiger partial charge in [0.05, 0.1) is 12.7 Å². The Bertz CT molecular complexity index is 818. The second kappa shape index (κ2) is 8.00. The molecule has 0 saturated heterocycles. The number of benzene rings is 2. The maximum absolute atomic E-state index is 12.4. The van der Waals surface area contributed by atoms with Crippen LogP contribution in [0.25, 0.3) is 0 Å². The highest BCUT2D eigenvalue weighted by Gasteiger charge is 2.14. The average molecular weight is 338 g/mol. The maximum atomic E-state index is 12.4. The number of ether oxygens (including phenoxy) is 2. The van der Waals surface area contributed by atoms with Gasteiger partial charge in [0, 0.05) is 5.56 Å². The van der Waals surface area contributed by atoms with Gasteiger partial charge in [-0.1, -0.05) is 17.6 Å². The van der Waals surface area contributed by atoms with Crippen molar-refractivity contribution in [3.05, 3.63) is 53.6 Å². The van der Waals surface area contributed by atoms with E-state index in [1.54, 1.807) is 24.3 Å². The van der Waals surface area contributed by atoms with E-state index in [-0.39, 0.29) is 17.1 Å². The van der Waals surface area contributed by atoms with Gasteiger partial charge in [0.1, 0.15) is 25.2 Å². The van der Waals surface area contributed by atoms with Gasteiger partial charge in [0.25, 0.3) is 5.91 Å². The van der Waals surface area contributed by atoms with Crippen molar-refractivity contribution in [3.63, 3.8) is 0 Å². The number of carboxylic acid groups (broad SMARTS) is 1. The zero-order valence-electron chi connectivity index (χ0n) is 13.4. The number of nitrogens with zero attached hydrogens (tertiary/aromatic N) is 1. The molecule has 2 aromatic carbocycles. The first-order valence-electron chi connectivity index (χ1n) is 7.17. The third-order valence-corrected chi connectivity index (χ3v) is 3.19. The number of nitrogens with two attached hydrogens (primary N) is 1. The van der Waals surface area contributed by atoms with Crippen LogP contribution in [0.5, 0.6) is 11.5 Å². The van der Waals surface area contributed by atoms with Crippen molar-refractivity contribution < 1.29 is 24.2 Å². The van der Waals surface area contributed by atoms with Gasteiger partial charge in [0.2, 0.25) is 0 Å². The van der Waals surface area contributed by atoms with Crippen LogP contribution in [0.2, 0.25) is 0 Å². The predicted octanol–water partition coefficient (Wildman–Crippen LogP) is 0.498. The molecule has 0 atom stereocenters. The first kappa shape index (κ1) is 18.1. The Balaban J connectivity index is 2.28. The lowest BCUT2D eigenvalue weighted by molar-refractivity contribution is -0.139. The summed E-state index contributed by atoms with van der Waals surface area (Å²) in [5.74, 6) is -1.16. The minimum absolute atomic E-state index is 0.000683. The molecule has 3 N–H and O–H groups in total. The first-order valence-corrected chi connectivity index (χ1v) is 7.17. The molecule has 0 spiro atoms. The average Bonchev–Trinajstić information content (AvgIpc) is 2.60. The lowest BCUT2D eigenvalue weighted by Crippen LogP contribution is -2.18. The summed E-state index contributed by atoms with van der Waals surface area (Å²) in [4.78, 5) is 26.9. The maximum Gasteiger partial charge on any atom is 0.341 e. The van der Waals surface area contributed by atoms with E-state index >= 15 is 0 Å². The van der Waals surface area contributed by atoms with Gasteiger partial charge in [-0.15, -0.1) is 0 Å². The second-order valence-corrected chi connectivity index (χ2v) is 4.97. The van der Waals surface area contributed by atoms with Crippen LogP contribution in [0.15, 0.2) is 47.5 Å².